The molecule has 0 aliphatic rings. The zero-order valence-electron chi connectivity index (χ0n) is 17.1. The number of esters is 2. The smallest absolute Gasteiger partial charge is 0.345 e. The molecule has 2 rings (SSSR count). The first-order chi connectivity index (χ1) is 14.4. The molecule has 0 aliphatic carbocycles. The predicted molar refractivity (Wildman–Crippen MR) is 110 cm³/mol. The van der Waals surface area contributed by atoms with Crippen molar-refractivity contribution in [2.24, 2.45) is 0 Å². The average Bonchev–Trinajstić information content (AvgIpc) is 2.76. The topological polar surface area (TPSA) is 71.1 Å². The van der Waals surface area contributed by atoms with Crippen molar-refractivity contribution in [3.05, 3.63) is 77.1 Å². The van der Waals surface area contributed by atoms with E-state index in [1.165, 1.54) is 33.5 Å². The molecule has 0 N–H and O–H groups in total. The normalized spacial score (nSPS) is 10.0. The molecule has 7 heteroatoms. The number of hydrogen-bond donors (Lipinski definition) is 0. The van der Waals surface area contributed by atoms with Gasteiger partial charge in [-0.15, -0.1) is 6.58 Å². The molecule has 0 atom stereocenters. The van der Waals surface area contributed by atoms with E-state index in [2.05, 4.69) is 16.1 Å². The number of halogens is 1. The van der Waals surface area contributed by atoms with E-state index in [4.69, 9.17) is 9.47 Å². The van der Waals surface area contributed by atoms with E-state index in [0.717, 1.165) is 0 Å². The van der Waals surface area contributed by atoms with Crippen molar-refractivity contribution in [1.29, 1.82) is 0 Å². The number of hydrogen-bond acceptors (Lipinski definition) is 6. The molecule has 0 saturated heterocycles. The molecular formula is C23H23FO6. The van der Waals surface area contributed by atoms with Gasteiger partial charge in [-0.05, 0) is 36.3 Å². The highest BCUT2D eigenvalue weighted by atomic mass is 19.1. The SMILES string of the molecule is C=CCc1cc(C=C(C(=O)OC)C(=O)OC)cc(OC)c1OCc1ccccc1F. The Bertz CT molecular complexity index is 946. The summed E-state index contributed by atoms with van der Waals surface area (Å²) >= 11 is 0. The van der Waals surface area contributed by atoms with Crippen LogP contribution in [0.3, 0.4) is 0 Å². The van der Waals surface area contributed by atoms with E-state index in [0.29, 0.717) is 34.6 Å². The minimum absolute atomic E-state index is 0.00205. The molecule has 158 valence electrons. The second-order valence-electron chi connectivity index (χ2n) is 6.13. The van der Waals surface area contributed by atoms with Gasteiger partial charge in [0, 0.05) is 11.1 Å². The molecule has 0 aromatic heterocycles. The zero-order valence-corrected chi connectivity index (χ0v) is 17.1. The first kappa shape index (κ1) is 22.7. The summed E-state index contributed by atoms with van der Waals surface area (Å²) in [6, 6.07) is 9.62. The van der Waals surface area contributed by atoms with Crippen LogP contribution in [0.15, 0.2) is 54.6 Å². The Morgan fingerprint density at radius 1 is 1.03 bits per heavy atom. The summed E-state index contributed by atoms with van der Waals surface area (Å²) in [5.74, 6) is -1.26. The Hall–Kier alpha value is -3.61. The van der Waals surface area contributed by atoms with Gasteiger partial charge in [0.2, 0.25) is 0 Å². The lowest BCUT2D eigenvalue weighted by Gasteiger charge is -2.16. The third-order valence-electron chi connectivity index (χ3n) is 4.19. The van der Waals surface area contributed by atoms with Gasteiger partial charge in [0.1, 0.15) is 18.0 Å². The van der Waals surface area contributed by atoms with Crippen LogP contribution in [0.25, 0.3) is 6.08 Å². The van der Waals surface area contributed by atoms with Crippen molar-refractivity contribution in [1.82, 2.24) is 0 Å². The number of ether oxygens (including phenoxy) is 4. The molecule has 0 aliphatic heterocycles. The van der Waals surface area contributed by atoms with Crippen LogP contribution in [-0.2, 0) is 32.1 Å². The predicted octanol–water partition coefficient (Wildman–Crippen LogP) is 3.87. The van der Waals surface area contributed by atoms with Crippen LogP contribution < -0.4 is 9.47 Å². The molecule has 0 amide bonds. The third-order valence-corrected chi connectivity index (χ3v) is 4.19. The van der Waals surface area contributed by atoms with Crippen LogP contribution in [0.4, 0.5) is 4.39 Å². The molecule has 2 aromatic carbocycles. The van der Waals surface area contributed by atoms with Gasteiger partial charge in [0.05, 0.1) is 21.3 Å². The lowest BCUT2D eigenvalue weighted by Crippen LogP contribution is -2.15. The minimum Gasteiger partial charge on any atom is -0.493 e. The van der Waals surface area contributed by atoms with Crippen LogP contribution >= 0.6 is 0 Å². The average molecular weight is 414 g/mol. The maximum Gasteiger partial charge on any atom is 0.345 e. The summed E-state index contributed by atoms with van der Waals surface area (Å²) in [7, 11) is 3.79. The molecule has 0 spiro atoms. The van der Waals surface area contributed by atoms with Crippen molar-refractivity contribution in [3.63, 3.8) is 0 Å². The summed E-state index contributed by atoms with van der Waals surface area (Å²) < 4.78 is 34.5. The standard InChI is InChI=1S/C23H23FO6/c1-5-8-16-11-15(12-18(22(25)28-3)23(26)29-4)13-20(27-2)21(16)30-14-17-9-6-7-10-19(17)24/h5-7,9-13H,1,8,14H2,2-4H3. The van der Waals surface area contributed by atoms with Gasteiger partial charge in [-0.3, -0.25) is 0 Å². The van der Waals surface area contributed by atoms with Crippen LogP contribution in [-0.4, -0.2) is 33.3 Å². The van der Waals surface area contributed by atoms with Gasteiger partial charge in [-0.1, -0.05) is 24.3 Å². The molecule has 0 fully saturated rings. The Kier molecular flexibility index (Phi) is 8.17. The van der Waals surface area contributed by atoms with Gasteiger partial charge in [-0.2, -0.15) is 0 Å². The molecule has 30 heavy (non-hydrogen) atoms. The van der Waals surface area contributed by atoms with E-state index in [1.807, 2.05) is 0 Å². The van der Waals surface area contributed by atoms with Crippen LogP contribution in [0.1, 0.15) is 16.7 Å². The van der Waals surface area contributed by atoms with Crippen molar-refractivity contribution in [2.45, 2.75) is 13.0 Å². The number of methoxy groups -OCH3 is 3. The fourth-order valence-electron chi connectivity index (χ4n) is 2.74. The summed E-state index contributed by atoms with van der Waals surface area (Å²) in [5, 5.41) is 0. The fraction of sp³-hybridized carbons (Fsp3) is 0.217. The third kappa shape index (κ3) is 5.47. The quantitative estimate of drug-likeness (QED) is 0.204. The van der Waals surface area contributed by atoms with E-state index in [-0.39, 0.29) is 18.0 Å². The van der Waals surface area contributed by atoms with Crippen LogP contribution in [0, 0.1) is 5.82 Å². The van der Waals surface area contributed by atoms with Gasteiger partial charge in [0.15, 0.2) is 11.5 Å². The van der Waals surface area contributed by atoms with Crippen LogP contribution in [0.2, 0.25) is 0 Å². The molecular weight excluding hydrogens is 391 g/mol. The second-order valence-corrected chi connectivity index (χ2v) is 6.13. The molecule has 0 heterocycles. The Balaban J connectivity index is 2.48. The Morgan fingerprint density at radius 2 is 1.70 bits per heavy atom. The van der Waals surface area contributed by atoms with E-state index < -0.39 is 11.9 Å². The lowest BCUT2D eigenvalue weighted by molar-refractivity contribution is -0.143. The van der Waals surface area contributed by atoms with E-state index >= 15 is 0 Å². The fourth-order valence-corrected chi connectivity index (χ4v) is 2.74. The maximum absolute atomic E-state index is 13.9. The van der Waals surface area contributed by atoms with Crippen LogP contribution in [0.5, 0.6) is 11.5 Å². The van der Waals surface area contributed by atoms with Gasteiger partial charge >= 0.3 is 11.9 Å². The minimum atomic E-state index is -0.828. The highest BCUT2D eigenvalue weighted by Gasteiger charge is 2.21. The Morgan fingerprint density at radius 3 is 2.27 bits per heavy atom. The molecule has 6 nitrogen and oxygen atoms in total. The first-order valence-corrected chi connectivity index (χ1v) is 9.01. The monoisotopic (exact) mass is 414 g/mol. The first-order valence-electron chi connectivity index (χ1n) is 9.01. The van der Waals surface area contributed by atoms with Crippen molar-refractivity contribution < 1.29 is 32.9 Å². The molecule has 0 bridgehead atoms. The number of benzene rings is 2. The van der Waals surface area contributed by atoms with Crippen molar-refractivity contribution in [2.75, 3.05) is 21.3 Å². The van der Waals surface area contributed by atoms with E-state index in [9.17, 15) is 14.0 Å². The highest BCUT2D eigenvalue weighted by molar-refractivity contribution is 6.17. The summed E-state index contributed by atoms with van der Waals surface area (Å²) in [5.41, 5.74) is 1.30. The van der Waals surface area contributed by atoms with Crippen molar-refractivity contribution in [3.8, 4) is 11.5 Å². The lowest BCUT2D eigenvalue weighted by atomic mass is 10.0. The summed E-state index contributed by atoms with van der Waals surface area (Å²) in [6.07, 6.45) is 3.42. The maximum atomic E-state index is 13.9. The van der Waals surface area contributed by atoms with E-state index in [1.54, 1.807) is 36.4 Å². The number of allylic oxidation sites excluding steroid dienone is 1. The highest BCUT2D eigenvalue weighted by Crippen LogP contribution is 2.35. The summed E-state index contributed by atoms with van der Waals surface area (Å²) in [6.45, 7) is 3.74. The number of rotatable bonds is 9. The van der Waals surface area contributed by atoms with Gasteiger partial charge < -0.3 is 18.9 Å². The molecule has 0 unspecified atom stereocenters. The number of carbonyl (C=O) groups is 2. The largest absolute Gasteiger partial charge is 0.493 e. The molecule has 0 saturated carbocycles. The van der Waals surface area contributed by atoms with Crippen molar-refractivity contribution >= 4 is 18.0 Å². The Labute approximate surface area is 174 Å². The number of carbonyl (C=O) groups excluding carboxylic acids is 2. The van der Waals surface area contributed by atoms with Gasteiger partial charge in [-0.25, -0.2) is 14.0 Å². The van der Waals surface area contributed by atoms with Gasteiger partial charge in [0.25, 0.3) is 0 Å². The molecule has 2 aromatic rings. The second kappa shape index (κ2) is 10.8. The summed E-state index contributed by atoms with van der Waals surface area (Å²) in [4.78, 5) is 23.9. The molecule has 0 radical (unpaired) electrons. The zero-order chi connectivity index (χ0) is 22.1.